The standard InChI is InChI=1S/C19H21N5O2/c1-13-20-12-18(23(13)2)14-3-4-17-15(9-14)10-16(21-22-17)11-19(25)24-5-7-26-8-6-24/h3-4,9-10,12H,5-8,11H2,1-2H3/i5D2,6D2,7D2,8D2. The Bertz CT molecular complexity index is 1270. The Balaban J connectivity index is 1.70. The average Bonchev–Trinajstić information content (AvgIpc) is 3.03. The van der Waals surface area contributed by atoms with E-state index >= 15 is 0 Å². The van der Waals surface area contributed by atoms with Gasteiger partial charge in [0.1, 0.15) is 5.82 Å². The molecule has 7 nitrogen and oxygen atoms in total. The Morgan fingerprint density at radius 2 is 2.08 bits per heavy atom. The summed E-state index contributed by atoms with van der Waals surface area (Å²) in [5, 5.41) is 8.64. The molecule has 3 heterocycles. The van der Waals surface area contributed by atoms with Crippen LogP contribution >= 0.6 is 0 Å². The van der Waals surface area contributed by atoms with Gasteiger partial charge < -0.3 is 14.2 Å². The molecule has 4 rings (SSSR count). The minimum Gasteiger partial charge on any atom is -0.378 e. The highest BCUT2D eigenvalue weighted by atomic mass is 16.5. The first kappa shape index (κ1) is 9.78. The Morgan fingerprint density at radius 3 is 2.81 bits per heavy atom. The zero-order valence-electron chi connectivity index (χ0n) is 22.1. The van der Waals surface area contributed by atoms with Crippen molar-refractivity contribution >= 4 is 16.8 Å². The van der Waals surface area contributed by atoms with Crippen LogP contribution < -0.4 is 0 Å². The van der Waals surface area contributed by atoms with Gasteiger partial charge in [-0.1, -0.05) is 6.07 Å². The van der Waals surface area contributed by atoms with Gasteiger partial charge in [0, 0.05) is 31.0 Å². The third-order valence-corrected chi connectivity index (χ3v) is 4.15. The van der Waals surface area contributed by atoms with Gasteiger partial charge in [-0.3, -0.25) is 4.79 Å². The van der Waals surface area contributed by atoms with E-state index in [2.05, 4.69) is 19.9 Å². The average molecular weight is 359 g/mol. The highest BCUT2D eigenvalue weighted by molar-refractivity contribution is 5.85. The molecule has 1 aromatic carbocycles. The van der Waals surface area contributed by atoms with Crippen LogP contribution in [-0.4, -0.2) is 56.7 Å². The fraction of sp³-hybridized carbons (Fsp3) is 0.368. The number of hydrogen-bond acceptors (Lipinski definition) is 5. The van der Waals surface area contributed by atoms with Gasteiger partial charge in [-0.2, -0.15) is 10.2 Å². The molecule has 0 saturated carbocycles. The molecule has 0 atom stereocenters. The first-order chi connectivity index (χ1) is 15.6. The zero-order valence-corrected chi connectivity index (χ0v) is 14.1. The van der Waals surface area contributed by atoms with Gasteiger partial charge in [0.2, 0.25) is 5.91 Å². The van der Waals surface area contributed by atoms with Gasteiger partial charge in [0.25, 0.3) is 0 Å². The van der Waals surface area contributed by atoms with Crippen molar-refractivity contribution < 1.29 is 20.5 Å². The Labute approximate surface area is 162 Å². The number of fused-ring (bicyclic) bond motifs is 1. The number of ether oxygens (including phenoxy) is 1. The maximum Gasteiger partial charge on any atom is 0.228 e. The second-order valence-electron chi connectivity index (χ2n) is 5.79. The quantitative estimate of drug-likeness (QED) is 0.712. The molecular formula is C19H21N5O2. The van der Waals surface area contributed by atoms with Crippen LogP contribution in [0.15, 0.2) is 30.5 Å². The van der Waals surface area contributed by atoms with Crippen molar-refractivity contribution in [2.45, 2.75) is 13.3 Å². The summed E-state index contributed by atoms with van der Waals surface area (Å²) >= 11 is 0. The summed E-state index contributed by atoms with van der Waals surface area (Å²) in [4.78, 5) is 17.2. The molecule has 0 bridgehead atoms. The number of amides is 1. The predicted molar refractivity (Wildman–Crippen MR) is 97.6 cm³/mol. The smallest absolute Gasteiger partial charge is 0.228 e. The number of aryl methyl sites for hydroxylation is 1. The first-order valence-corrected chi connectivity index (χ1v) is 7.87. The number of nitrogens with zero attached hydrogens (tertiary/aromatic N) is 5. The van der Waals surface area contributed by atoms with E-state index < -0.39 is 38.4 Å². The second kappa shape index (κ2) is 6.84. The van der Waals surface area contributed by atoms with Crippen LogP contribution in [0.25, 0.3) is 22.2 Å². The van der Waals surface area contributed by atoms with Crippen LogP contribution in [0.5, 0.6) is 0 Å². The van der Waals surface area contributed by atoms with E-state index in [1.165, 1.54) is 0 Å². The SMILES string of the molecule is [2H]C1([2H])OC([2H])([2H])C([2H])([2H])N(C(=O)Cc2cc3cc(-c4cnc(C)n4C)ccc3nn2)C1([2H])[2H]. The molecule has 0 aliphatic carbocycles. The number of imidazole rings is 1. The minimum absolute atomic E-state index is 0.0788. The summed E-state index contributed by atoms with van der Waals surface area (Å²) in [5.41, 5.74) is 2.30. The molecule has 1 saturated heterocycles. The van der Waals surface area contributed by atoms with Crippen molar-refractivity contribution in [2.24, 2.45) is 7.05 Å². The molecule has 0 N–H and O–H groups in total. The molecule has 1 aliphatic rings. The van der Waals surface area contributed by atoms with Crippen LogP contribution in [0.4, 0.5) is 0 Å². The monoisotopic (exact) mass is 359 g/mol. The van der Waals surface area contributed by atoms with E-state index in [0.717, 1.165) is 17.1 Å². The van der Waals surface area contributed by atoms with Crippen molar-refractivity contribution in [3.05, 3.63) is 42.0 Å². The van der Waals surface area contributed by atoms with E-state index in [4.69, 9.17) is 11.0 Å². The highest BCUT2D eigenvalue weighted by Crippen LogP contribution is 2.24. The Kier molecular flexibility index (Phi) is 2.57. The van der Waals surface area contributed by atoms with Crippen LogP contribution in [0, 0.1) is 6.92 Å². The number of aromatic nitrogens is 4. The van der Waals surface area contributed by atoms with Crippen molar-refractivity contribution in [1.29, 1.82) is 0 Å². The number of benzene rings is 1. The molecule has 134 valence electrons. The third-order valence-electron chi connectivity index (χ3n) is 4.15. The van der Waals surface area contributed by atoms with Crippen molar-refractivity contribution in [1.82, 2.24) is 24.6 Å². The lowest BCUT2D eigenvalue weighted by atomic mass is 10.1. The first-order valence-electron chi connectivity index (χ1n) is 11.9. The summed E-state index contributed by atoms with van der Waals surface area (Å²) in [6, 6.07) is 6.95. The van der Waals surface area contributed by atoms with E-state index in [1.807, 2.05) is 30.7 Å². The number of hydrogen-bond donors (Lipinski definition) is 0. The van der Waals surface area contributed by atoms with Crippen molar-refractivity contribution in [3.8, 4) is 11.3 Å². The fourth-order valence-corrected chi connectivity index (χ4v) is 2.65. The Hall–Kier alpha value is -2.80. The van der Waals surface area contributed by atoms with Crippen LogP contribution in [0.1, 0.15) is 22.5 Å². The summed E-state index contributed by atoms with van der Waals surface area (Å²) in [6.07, 6.45) is 1.09. The fourth-order valence-electron chi connectivity index (χ4n) is 2.65. The lowest BCUT2D eigenvalue weighted by Crippen LogP contribution is -2.41. The summed E-state index contributed by atoms with van der Waals surface area (Å²) in [5.74, 6) is -0.388. The summed E-state index contributed by atoms with van der Waals surface area (Å²) in [7, 11) is 1.87. The van der Waals surface area contributed by atoms with E-state index in [9.17, 15) is 4.79 Å². The normalized spacial score (nSPS) is 27.1. The second-order valence-corrected chi connectivity index (χ2v) is 5.79. The number of carbonyl (C=O) groups is 1. The molecule has 2 aromatic heterocycles. The van der Waals surface area contributed by atoms with Crippen LogP contribution in [0.2, 0.25) is 0 Å². The third kappa shape index (κ3) is 3.17. The topological polar surface area (TPSA) is 73.1 Å². The number of morpholine rings is 1. The molecule has 1 amide bonds. The molecular weight excluding hydrogens is 330 g/mol. The predicted octanol–water partition coefficient (Wildman–Crippen LogP) is 1.74. The van der Waals surface area contributed by atoms with Crippen molar-refractivity contribution in [2.75, 3.05) is 26.1 Å². The maximum atomic E-state index is 13.0. The lowest BCUT2D eigenvalue weighted by Gasteiger charge is -2.26. The van der Waals surface area contributed by atoms with E-state index in [0.29, 0.717) is 10.9 Å². The molecule has 26 heavy (non-hydrogen) atoms. The van der Waals surface area contributed by atoms with Crippen molar-refractivity contribution in [3.63, 3.8) is 0 Å². The molecule has 0 unspecified atom stereocenters. The van der Waals surface area contributed by atoms with Gasteiger partial charge >= 0.3 is 0 Å². The number of carbonyl (C=O) groups excluding carboxylic acids is 1. The molecule has 7 heteroatoms. The van der Waals surface area contributed by atoms with Gasteiger partial charge in [-0.25, -0.2) is 4.98 Å². The molecule has 1 fully saturated rings. The number of rotatable bonds is 3. The van der Waals surface area contributed by atoms with Gasteiger partial charge in [-0.05, 0) is 25.1 Å². The largest absolute Gasteiger partial charge is 0.378 e. The maximum absolute atomic E-state index is 13.0. The Morgan fingerprint density at radius 1 is 1.27 bits per heavy atom. The van der Waals surface area contributed by atoms with E-state index in [1.54, 1.807) is 18.3 Å². The zero-order chi connectivity index (χ0) is 25.3. The van der Waals surface area contributed by atoms with Gasteiger partial charge in [0.15, 0.2) is 0 Å². The van der Waals surface area contributed by atoms with Gasteiger partial charge in [-0.15, -0.1) is 0 Å². The highest BCUT2D eigenvalue weighted by Gasteiger charge is 2.18. The summed E-state index contributed by atoms with van der Waals surface area (Å²) < 4.78 is 69.3. The molecule has 0 spiro atoms. The molecule has 1 aliphatic heterocycles. The molecule has 0 radical (unpaired) electrons. The van der Waals surface area contributed by atoms with Crippen LogP contribution in [-0.2, 0) is 23.0 Å². The van der Waals surface area contributed by atoms with E-state index in [-0.39, 0.29) is 10.6 Å². The lowest BCUT2D eigenvalue weighted by molar-refractivity contribution is -0.134. The van der Waals surface area contributed by atoms with Crippen LogP contribution in [0.3, 0.4) is 0 Å². The molecule has 3 aromatic rings. The minimum atomic E-state index is -3.30. The van der Waals surface area contributed by atoms with Gasteiger partial charge in [0.05, 0.1) is 53.6 Å². The summed E-state index contributed by atoms with van der Waals surface area (Å²) in [6.45, 7) is -11.3.